The van der Waals surface area contributed by atoms with E-state index in [1.54, 1.807) is 87.5 Å². The van der Waals surface area contributed by atoms with Gasteiger partial charge in [-0.3, -0.25) is 19.6 Å². The van der Waals surface area contributed by atoms with Crippen LogP contribution in [0.5, 0.6) is 57.5 Å². The highest BCUT2D eigenvalue weighted by molar-refractivity contribution is 6.05. The maximum atomic E-state index is 15.5. The molecule has 2 N–H and O–H groups in total. The van der Waals surface area contributed by atoms with E-state index in [9.17, 15) is 18.4 Å². The van der Waals surface area contributed by atoms with Crippen molar-refractivity contribution >= 4 is 45.0 Å². The molecular weight excluding hydrogens is 1300 g/mol. The number of benzene rings is 6. The Bertz CT molecular complexity index is 4500. The van der Waals surface area contributed by atoms with Crippen LogP contribution in [-0.2, 0) is 0 Å². The molecule has 6 aromatic carbocycles. The molecule has 0 unspecified atom stereocenters. The maximum Gasteiger partial charge on any atom is 0.280 e. The van der Waals surface area contributed by atoms with Gasteiger partial charge >= 0.3 is 0 Å². The smallest absolute Gasteiger partial charge is 0.280 e. The van der Waals surface area contributed by atoms with Gasteiger partial charge in [0, 0.05) is 124 Å². The van der Waals surface area contributed by atoms with Gasteiger partial charge in [0.15, 0.2) is 69.0 Å². The minimum absolute atomic E-state index is 0.0145. The Balaban J connectivity index is 0.000000191. The molecule has 2 saturated heterocycles. The molecule has 528 valence electrons. The van der Waals surface area contributed by atoms with Crippen molar-refractivity contribution in [3.63, 3.8) is 0 Å². The van der Waals surface area contributed by atoms with Gasteiger partial charge in [0.1, 0.15) is 23.1 Å². The third kappa shape index (κ3) is 18.3. The lowest BCUT2D eigenvalue weighted by molar-refractivity contribution is 0.100. The van der Waals surface area contributed by atoms with Gasteiger partial charge in [-0.2, -0.15) is 10.2 Å². The first-order valence-electron chi connectivity index (χ1n) is 33.6. The summed E-state index contributed by atoms with van der Waals surface area (Å²) in [5, 5.41) is 15.4. The van der Waals surface area contributed by atoms with E-state index >= 15 is 8.78 Å². The van der Waals surface area contributed by atoms with Crippen LogP contribution < -0.4 is 48.5 Å². The molecule has 4 aromatic heterocycles. The van der Waals surface area contributed by atoms with E-state index < -0.39 is 29.3 Å². The van der Waals surface area contributed by atoms with E-state index in [1.165, 1.54) is 76.1 Å². The fourth-order valence-corrected chi connectivity index (χ4v) is 11.4. The number of nitrogens with zero attached hydrogens (tertiary/aromatic N) is 10. The Morgan fingerprint density at radius 1 is 0.495 bits per heavy atom. The number of amides is 2. The zero-order chi connectivity index (χ0) is 70.5. The first-order chi connectivity index (χ1) is 49.0. The molecule has 0 atom stereocenters. The molecule has 2 aliphatic heterocycles. The van der Waals surface area contributed by atoms with Crippen LogP contribution in [0.2, 0.25) is 0 Å². The third-order valence-electron chi connectivity index (χ3n) is 17.2. The van der Waals surface area contributed by atoms with Crippen molar-refractivity contribution in [1.82, 2.24) is 49.1 Å². The highest BCUT2D eigenvalue weighted by Gasteiger charge is 2.27. The Labute approximate surface area is 582 Å². The summed E-state index contributed by atoms with van der Waals surface area (Å²) >= 11 is 0. The van der Waals surface area contributed by atoms with Gasteiger partial charge in [-0.1, -0.05) is 0 Å². The number of halogens is 4. The maximum absolute atomic E-state index is 15.5. The summed E-state index contributed by atoms with van der Waals surface area (Å²) in [5.74, 6) is 0.387. The fraction of sp³-hybridized carbons (Fsp3) is 0.333. The lowest BCUT2D eigenvalue weighted by atomic mass is 10.1. The Hall–Kier alpha value is -10.5. The number of aromatic nitrogens is 6. The van der Waals surface area contributed by atoms with Gasteiger partial charge in [0.05, 0.1) is 74.9 Å². The number of hydrogen-bond donors (Lipinski definition) is 2. The van der Waals surface area contributed by atoms with Crippen LogP contribution in [0.4, 0.5) is 28.9 Å². The minimum atomic E-state index is -0.699. The number of carbonyl (C=O) groups excluding carboxylic acids is 2. The Kier molecular flexibility index (Phi) is 22.7. The van der Waals surface area contributed by atoms with Crippen LogP contribution in [0.1, 0.15) is 60.5 Å². The predicted octanol–water partition coefficient (Wildman–Crippen LogP) is 13.1. The normalized spacial score (nSPS) is 14.5. The number of carbonyl (C=O) groups is 2. The zero-order valence-electron chi connectivity index (χ0n) is 57.1. The largest absolute Gasteiger partial charge is 0.493 e. The summed E-state index contributed by atoms with van der Waals surface area (Å²) in [4.78, 5) is 45.2. The molecule has 22 nitrogen and oxygen atoms in total. The van der Waals surface area contributed by atoms with Crippen LogP contribution in [0, 0.1) is 29.2 Å². The number of nitrogens with one attached hydrogen (secondary N) is 2. The topological polar surface area (TPSA) is 206 Å². The van der Waals surface area contributed by atoms with Crippen molar-refractivity contribution in [2.75, 3.05) is 124 Å². The number of anilines is 2. The fourth-order valence-electron chi connectivity index (χ4n) is 11.4. The summed E-state index contributed by atoms with van der Waals surface area (Å²) in [7, 11) is 7.42. The lowest BCUT2D eigenvalue weighted by Crippen LogP contribution is -2.44. The first kappa shape index (κ1) is 70.3. The summed E-state index contributed by atoms with van der Waals surface area (Å²) < 4.78 is 108. The molecule has 3 aliphatic rings. The van der Waals surface area contributed by atoms with E-state index in [2.05, 4.69) is 64.5 Å². The van der Waals surface area contributed by atoms with E-state index in [4.69, 9.17) is 37.9 Å². The van der Waals surface area contributed by atoms with Gasteiger partial charge in [0.2, 0.25) is 0 Å². The Morgan fingerprint density at radius 3 is 1.35 bits per heavy atom. The number of likely N-dealkylation sites (N-methyl/N-ethyl adjacent to an activating group) is 2. The van der Waals surface area contributed by atoms with Crippen LogP contribution in [0.3, 0.4) is 0 Å². The monoisotopic (exact) mass is 1380 g/mol. The summed E-state index contributed by atoms with van der Waals surface area (Å²) in [6.07, 6.45) is 9.93. The predicted molar refractivity (Wildman–Crippen MR) is 375 cm³/mol. The van der Waals surface area contributed by atoms with E-state index in [0.29, 0.717) is 93.4 Å². The molecule has 26 heteroatoms. The van der Waals surface area contributed by atoms with Crippen LogP contribution in [0.25, 0.3) is 33.2 Å². The van der Waals surface area contributed by atoms with Gasteiger partial charge in [0.25, 0.3) is 11.8 Å². The molecule has 1 saturated carbocycles. The summed E-state index contributed by atoms with van der Waals surface area (Å²) in [5.41, 5.74) is 2.69. The van der Waals surface area contributed by atoms with Crippen molar-refractivity contribution < 1.29 is 65.0 Å². The first-order valence-corrected chi connectivity index (χ1v) is 33.6. The average molecular weight is 1390 g/mol. The van der Waals surface area contributed by atoms with Crippen molar-refractivity contribution in [1.29, 1.82) is 0 Å². The number of methoxy groups -OCH3 is 2. The molecule has 6 heterocycles. The molecular formula is C75H80F4N12O10. The highest BCUT2D eigenvalue weighted by atomic mass is 19.1. The molecule has 3 fully saturated rings. The van der Waals surface area contributed by atoms with E-state index in [1.807, 2.05) is 13.8 Å². The number of hydrogen-bond acceptors (Lipinski definition) is 18. The second kappa shape index (κ2) is 32.6. The quantitative estimate of drug-likeness (QED) is 0.0363. The summed E-state index contributed by atoms with van der Waals surface area (Å²) in [6, 6.07) is 30.0. The van der Waals surface area contributed by atoms with Crippen molar-refractivity contribution in [3.05, 3.63) is 181 Å². The van der Waals surface area contributed by atoms with Gasteiger partial charge < -0.3 is 68.1 Å². The van der Waals surface area contributed by atoms with Gasteiger partial charge in [-0.05, 0) is 157 Å². The van der Waals surface area contributed by atoms with Crippen molar-refractivity contribution in [2.24, 2.45) is 5.92 Å². The number of rotatable bonds is 27. The van der Waals surface area contributed by atoms with E-state index in [0.717, 1.165) is 97.2 Å². The molecule has 101 heavy (non-hydrogen) atoms. The average Bonchev–Trinajstić information content (AvgIpc) is 1.58. The lowest BCUT2D eigenvalue weighted by Gasteiger charge is -2.32. The van der Waals surface area contributed by atoms with Crippen molar-refractivity contribution in [2.45, 2.75) is 45.6 Å². The molecule has 1 aliphatic carbocycles. The van der Waals surface area contributed by atoms with Crippen molar-refractivity contribution in [3.8, 4) is 68.9 Å². The number of pyridine rings is 2. The second-order valence-electron chi connectivity index (χ2n) is 25.2. The molecule has 10 aromatic rings. The number of fused-ring (bicyclic) bond motifs is 2. The molecule has 0 bridgehead atoms. The number of ether oxygens (including phenoxy) is 8. The molecule has 2 amide bonds. The second-order valence-corrected chi connectivity index (χ2v) is 25.2. The highest BCUT2D eigenvalue weighted by Crippen LogP contribution is 2.41. The van der Waals surface area contributed by atoms with E-state index in [-0.39, 0.29) is 57.7 Å². The van der Waals surface area contributed by atoms with Gasteiger partial charge in [-0.15, -0.1) is 0 Å². The minimum Gasteiger partial charge on any atom is -0.493 e. The Morgan fingerprint density at radius 2 is 0.931 bits per heavy atom. The van der Waals surface area contributed by atoms with Crippen LogP contribution >= 0.6 is 0 Å². The summed E-state index contributed by atoms with van der Waals surface area (Å²) in [6.45, 7) is 15.6. The zero-order valence-corrected chi connectivity index (χ0v) is 57.1. The SMILES string of the molecule is COc1cc2c(Oc3ccc(NC(=O)c4nn(-c5ccc(F)cc5)cc4OC(C)C)cc3F)ccnc2cc1OCCCN1CCN(C)CC1.COc1cc2c(Oc3ccc(NC(=O)c4nn(-c5ccc(F)cc5)cc4OCC4CC4)cc3F)ccnc2cc1OCCCN1CCN(C)CC1. The molecule has 0 spiro atoms. The van der Waals surface area contributed by atoms with Crippen LogP contribution in [-0.4, -0.2) is 181 Å². The number of piperazine rings is 2. The molecule has 0 radical (unpaired) electrons. The van der Waals surface area contributed by atoms with Crippen LogP contribution in [0.15, 0.2) is 146 Å². The molecule has 13 rings (SSSR count). The van der Waals surface area contributed by atoms with Gasteiger partial charge in [-0.25, -0.2) is 26.9 Å². The standard InChI is InChI=1S/C38H40F2N6O5.C37H40F2N6O5/c1-44-15-17-45(18-16-44)14-3-19-49-35-22-31-29(21-34(35)48-2)32(12-13-41-31)51-33-11-8-27(20-30(33)40)42-38(47)37-36(50-24-25-4-5-25)23-46(43-37)28-9-6-26(39)7-10-28;1-24(2)49-35-23-45(27-9-6-25(38)7-10-27)42-36(35)37(46)41-26-8-11-32(29(39)20-26)50-31-12-13-40-30-22-34(33(47-4)21-28(30)31)48-19-5-14-44-17-15-43(3)16-18-44/h6-13,20-23,25H,3-5,14-19,24H2,1-2H3,(H,42,47);6-13,20-24H,5,14-19H2,1-4H3,(H,41,46). The third-order valence-corrected chi connectivity index (χ3v) is 17.2.